The van der Waals surface area contributed by atoms with Crippen molar-refractivity contribution in [3.8, 4) is 0 Å². The molecule has 1 nitrogen and oxygen atoms in total. The molecule has 0 aromatic rings. The van der Waals surface area contributed by atoms with Crippen LogP contribution in [0.15, 0.2) is 0 Å². The first-order valence-corrected chi connectivity index (χ1v) is 7.39. The van der Waals surface area contributed by atoms with E-state index in [1.807, 2.05) is 0 Å². The van der Waals surface area contributed by atoms with Gasteiger partial charge in [-0.15, -0.1) is 0 Å². The van der Waals surface area contributed by atoms with Crippen LogP contribution in [-0.2, 0) is 4.74 Å². The summed E-state index contributed by atoms with van der Waals surface area (Å²) in [6.07, 6.45) is 9.98. The lowest BCUT2D eigenvalue weighted by atomic mass is 9.28. The molecule has 0 aliphatic carbocycles. The van der Waals surface area contributed by atoms with Crippen LogP contribution in [0.3, 0.4) is 0 Å². The summed E-state index contributed by atoms with van der Waals surface area (Å²) in [5, 5.41) is 0. The van der Waals surface area contributed by atoms with Crippen LogP contribution >= 0.6 is 0 Å². The van der Waals surface area contributed by atoms with E-state index in [1.165, 1.54) is 44.8 Å². The van der Waals surface area contributed by atoms with Crippen LogP contribution in [0.2, 0.25) is 18.0 Å². The molecular formula is C14H27BO. The van der Waals surface area contributed by atoms with Gasteiger partial charge in [0, 0.05) is 13.2 Å². The van der Waals surface area contributed by atoms with E-state index in [0.29, 0.717) is 0 Å². The second-order valence-corrected chi connectivity index (χ2v) is 6.03. The maximum atomic E-state index is 5.47. The van der Waals surface area contributed by atoms with Crippen molar-refractivity contribution < 1.29 is 4.74 Å². The van der Waals surface area contributed by atoms with E-state index in [-0.39, 0.29) is 0 Å². The van der Waals surface area contributed by atoms with Crippen LogP contribution in [0.5, 0.6) is 0 Å². The minimum absolute atomic E-state index is 0.966. The fourth-order valence-corrected chi connectivity index (χ4v) is 3.89. The molecule has 0 aromatic carbocycles. The second-order valence-electron chi connectivity index (χ2n) is 6.03. The summed E-state index contributed by atoms with van der Waals surface area (Å²) in [6, 6.07) is 0. The monoisotopic (exact) mass is 222 g/mol. The molecular weight excluding hydrogens is 195 g/mol. The molecule has 2 aliphatic rings. The molecule has 0 radical (unpaired) electrons. The van der Waals surface area contributed by atoms with Gasteiger partial charge in [-0.05, 0) is 18.8 Å². The summed E-state index contributed by atoms with van der Waals surface area (Å²) >= 11 is 0. The van der Waals surface area contributed by atoms with Crippen molar-refractivity contribution in [1.82, 2.24) is 0 Å². The Morgan fingerprint density at radius 1 is 1.12 bits per heavy atom. The fraction of sp³-hybridized carbons (Fsp3) is 1.00. The van der Waals surface area contributed by atoms with Crippen LogP contribution in [0.4, 0.5) is 0 Å². The average Bonchev–Trinajstić information content (AvgIpc) is 2.33. The number of hydrogen-bond acceptors (Lipinski definition) is 1. The molecule has 2 unspecified atom stereocenters. The number of ether oxygens (including phenoxy) is 1. The van der Waals surface area contributed by atoms with Gasteiger partial charge in [-0.25, -0.2) is 0 Å². The Bertz CT molecular complexity index is 201. The third-order valence-electron chi connectivity index (χ3n) is 5.04. The molecule has 0 saturated carbocycles. The molecule has 2 heterocycles. The van der Waals surface area contributed by atoms with Gasteiger partial charge in [0.2, 0.25) is 0 Å². The Morgan fingerprint density at radius 3 is 2.56 bits per heavy atom. The normalized spacial score (nSPS) is 33.0. The Labute approximate surface area is 101 Å². The average molecular weight is 222 g/mol. The highest BCUT2D eigenvalue weighted by molar-refractivity contribution is 6.62. The topological polar surface area (TPSA) is 9.23 Å². The first-order valence-electron chi connectivity index (χ1n) is 7.39. The Morgan fingerprint density at radius 2 is 1.88 bits per heavy atom. The van der Waals surface area contributed by atoms with E-state index in [0.717, 1.165) is 37.5 Å². The van der Waals surface area contributed by atoms with Crippen molar-refractivity contribution in [3.63, 3.8) is 0 Å². The van der Waals surface area contributed by atoms with Crippen molar-refractivity contribution in [2.24, 2.45) is 5.92 Å². The molecule has 2 fully saturated rings. The zero-order chi connectivity index (χ0) is 11.4. The maximum absolute atomic E-state index is 5.47. The summed E-state index contributed by atoms with van der Waals surface area (Å²) in [5.74, 6) is 2.96. The van der Waals surface area contributed by atoms with Gasteiger partial charge in [0.15, 0.2) is 0 Å². The van der Waals surface area contributed by atoms with Crippen LogP contribution in [0, 0.1) is 5.92 Å². The highest BCUT2D eigenvalue weighted by Crippen LogP contribution is 2.42. The van der Waals surface area contributed by atoms with Gasteiger partial charge < -0.3 is 4.74 Å². The number of hydrogen-bond donors (Lipinski definition) is 0. The molecule has 0 aromatic heterocycles. The van der Waals surface area contributed by atoms with Gasteiger partial charge in [0.25, 0.3) is 0 Å². The van der Waals surface area contributed by atoms with Crippen molar-refractivity contribution >= 4 is 6.71 Å². The minimum atomic E-state index is 0.966. The Hall–Kier alpha value is 0.0249. The van der Waals surface area contributed by atoms with Gasteiger partial charge in [0.05, 0.1) is 0 Å². The molecule has 16 heavy (non-hydrogen) atoms. The van der Waals surface area contributed by atoms with Gasteiger partial charge in [0.1, 0.15) is 6.71 Å². The largest absolute Gasteiger partial charge is 0.381 e. The SMILES string of the molecule is CCC1CCCC(C)B1CC1CCOCC1. The molecule has 0 N–H and O–H groups in total. The molecule has 2 heteroatoms. The summed E-state index contributed by atoms with van der Waals surface area (Å²) < 4.78 is 5.47. The summed E-state index contributed by atoms with van der Waals surface area (Å²) in [6.45, 7) is 7.93. The van der Waals surface area contributed by atoms with E-state index in [2.05, 4.69) is 13.8 Å². The standard InChI is InChI=1S/C14H27BO/c1-3-14-6-4-5-12(2)15(14)11-13-7-9-16-10-8-13/h12-14H,3-11H2,1-2H3. The molecule has 2 aliphatic heterocycles. The van der Waals surface area contributed by atoms with E-state index >= 15 is 0 Å². The van der Waals surface area contributed by atoms with E-state index < -0.39 is 0 Å². The molecule has 92 valence electrons. The lowest BCUT2D eigenvalue weighted by molar-refractivity contribution is 0.0711. The van der Waals surface area contributed by atoms with Crippen LogP contribution < -0.4 is 0 Å². The van der Waals surface area contributed by atoms with Gasteiger partial charge >= 0.3 is 0 Å². The summed E-state index contributed by atoms with van der Waals surface area (Å²) in [7, 11) is 0. The third-order valence-corrected chi connectivity index (χ3v) is 5.04. The van der Waals surface area contributed by atoms with Crippen molar-refractivity contribution in [3.05, 3.63) is 0 Å². The van der Waals surface area contributed by atoms with E-state index in [9.17, 15) is 0 Å². The maximum Gasteiger partial charge on any atom is 0.146 e. The smallest absolute Gasteiger partial charge is 0.146 e. The molecule has 2 rings (SSSR count). The van der Waals surface area contributed by atoms with E-state index in [4.69, 9.17) is 4.74 Å². The van der Waals surface area contributed by atoms with Gasteiger partial charge in [-0.3, -0.25) is 0 Å². The quantitative estimate of drug-likeness (QED) is 0.648. The zero-order valence-corrected chi connectivity index (χ0v) is 11.1. The van der Waals surface area contributed by atoms with E-state index in [1.54, 1.807) is 0 Å². The van der Waals surface area contributed by atoms with Gasteiger partial charge in [-0.2, -0.15) is 0 Å². The van der Waals surface area contributed by atoms with Gasteiger partial charge in [-0.1, -0.05) is 57.5 Å². The first-order chi connectivity index (χ1) is 7.81. The van der Waals surface area contributed by atoms with Crippen molar-refractivity contribution in [1.29, 1.82) is 0 Å². The van der Waals surface area contributed by atoms with Crippen LogP contribution in [-0.4, -0.2) is 19.9 Å². The second kappa shape index (κ2) is 6.09. The summed E-state index contributed by atoms with van der Waals surface area (Å²) in [5.41, 5.74) is 0. The third kappa shape index (κ3) is 3.03. The van der Waals surface area contributed by atoms with Crippen molar-refractivity contribution in [2.45, 2.75) is 70.3 Å². The lowest BCUT2D eigenvalue weighted by Crippen LogP contribution is -2.32. The highest BCUT2D eigenvalue weighted by atomic mass is 16.5. The van der Waals surface area contributed by atoms with Crippen LogP contribution in [0.25, 0.3) is 0 Å². The first kappa shape index (κ1) is 12.5. The Balaban J connectivity index is 1.88. The minimum Gasteiger partial charge on any atom is -0.381 e. The molecule has 2 atom stereocenters. The Kier molecular flexibility index (Phi) is 4.75. The highest BCUT2D eigenvalue weighted by Gasteiger charge is 2.34. The van der Waals surface area contributed by atoms with Crippen molar-refractivity contribution in [2.75, 3.05) is 13.2 Å². The fourth-order valence-electron chi connectivity index (χ4n) is 3.89. The molecule has 0 amide bonds. The molecule has 2 saturated heterocycles. The molecule has 0 bridgehead atoms. The zero-order valence-electron chi connectivity index (χ0n) is 11.1. The number of rotatable bonds is 3. The lowest BCUT2D eigenvalue weighted by Gasteiger charge is -2.36. The predicted molar refractivity (Wildman–Crippen MR) is 71.4 cm³/mol. The van der Waals surface area contributed by atoms with Crippen LogP contribution in [0.1, 0.15) is 52.4 Å². The molecule has 0 spiro atoms. The summed E-state index contributed by atoms with van der Waals surface area (Å²) in [4.78, 5) is 0. The predicted octanol–water partition coefficient (Wildman–Crippen LogP) is 4.26.